The monoisotopic (exact) mass is 174 g/mol. The number of carbonyl (C=O) groups is 1. The summed E-state index contributed by atoms with van der Waals surface area (Å²) in [5, 5.41) is -0.333. The first-order valence-electron chi connectivity index (χ1n) is 2.72. The van der Waals surface area contributed by atoms with Crippen LogP contribution in [0.3, 0.4) is 0 Å². The third kappa shape index (κ3) is 1.46. The van der Waals surface area contributed by atoms with Gasteiger partial charge in [-0.1, -0.05) is 11.6 Å². The van der Waals surface area contributed by atoms with Gasteiger partial charge >= 0.3 is 0 Å². The Kier molecular flexibility index (Phi) is 2.05. The van der Waals surface area contributed by atoms with Gasteiger partial charge in [0.05, 0.1) is 5.56 Å². The van der Waals surface area contributed by atoms with Gasteiger partial charge in [0.15, 0.2) is 0 Å². The molecule has 1 aromatic heterocycles. The van der Waals surface area contributed by atoms with Crippen LogP contribution in [0.4, 0.5) is 4.39 Å². The van der Waals surface area contributed by atoms with Crippen molar-refractivity contribution >= 4 is 17.5 Å². The molecule has 1 rings (SSSR count). The van der Waals surface area contributed by atoms with Gasteiger partial charge in [-0.2, -0.15) is 4.39 Å². The molecule has 3 nitrogen and oxygen atoms in total. The fourth-order valence-corrected chi connectivity index (χ4v) is 0.813. The van der Waals surface area contributed by atoms with E-state index in [4.69, 9.17) is 17.3 Å². The molecule has 58 valence electrons. The first-order chi connectivity index (χ1) is 5.13. The molecule has 11 heavy (non-hydrogen) atoms. The Hall–Kier alpha value is -1.16. The van der Waals surface area contributed by atoms with Crippen molar-refractivity contribution < 1.29 is 9.18 Å². The lowest BCUT2D eigenvalue weighted by Gasteiger charge is -1.97. The van der Waals surface area contributed by atoms with Crippen molar-refractivity contribution in [1.82, 2.24) is 4.98 Å². The van der Waals surface area contributed by atoms with Gasteiger partial charge in [0.25, 0.3) is 0 Å². The van der Waals surface area contributed by atoms with Crippen LogP contribution in [0.2, 0.25) is 5.02 Å². The number of halogens is 2. The average molecular weight is 175 g/mol. The molecule has 0 spiro atoms. The van der Waals surface area contributed by atoms with Crippen LogP contribution in [0.1, 0.15) is 10.4 Å². The summed E-state index contributed by atoms with van der Waals surface area (Å²) in [4.78, 5) is 13.7. The summed E-state index contributed by atoms with van der Waals surface area (Å²) < 4.78 is 12.5. The number of hydrogen-bond acceptors (Lipinski definition) is 2. The second-order valence-corrected chi connectivity index (χ2v) is 2.21. The molecule has 1 amide bonds. The molecule has 0 aliphatic carbocycles. The first kappa shape index (κ1) is 7.94. The second-order valence-electron chi connectivity index (χ2n) is 1.83. The Balaban J connectivity index is 3.27. The number of aromatic nitrogens is 1. The van der Waals surface area contributed by atoms with Crippen LogP contribution in [0.25, 0.3) is 0 Å². The maximum atomic E-state index is 12.5. The van der Waals surface area contributed by atoms with E-state index in [0.717, 1.165) is 6.20 Å². The normalized spacial score (nSPS) is 9.64. The summed E-state index contributed by atoms with van der Waals surface area (Å²) in [6.07, 6.45) is 1.13. The number of primary amides is 1. The van der Waals surface area contributed by atoms with E-state index in [1.807, 2.05) is 0 Å². The van der Waals surface area contributed by atoms with Crippen molar-refractivity contribution in [3.8, 4) is 0 Å². The Bertz CT molecular complexity index is 303. The molecule has 2 N–H and O–H groups in total. The summed E-state index contributed by atoms with van der Waals surface area (Å²) in [7, 11) is 0. The summed E-state index contributed by atoms with van der Waals surface area (Å²) in [6.45, 7) is 0. The zero-order chi connectivity index (χ0) is 8.43. The summed E-state index contributed by atoms with van der Waals surface area (Å²) in [5.41, 5.74) is 4.81. The van der Waals surface area contributed by atoms with E-state index in [-0.39, 0.29) is 10.6 Å². The Labute approximate surface area is 67.0 Å². The van der Waals surface area contributed by atoms with Gasteiger partial charge in [0, 0.05) is 6.20 Å². The van der Waals surface area contributed by atoms with E-state index in [0.29, 0.717) is 0 Å². The molecule has 5 heteroatoms. The molecule has 0 unspecified atom stereocenters. The lowest BCUT2D eigenvalue weighted by Crippen LogP contribution is -2.12. The molecule has 0 aliphatic heterocycles. The van der Waals surface area contributed by atoms with Gasteiger partial charge in [0.2, 0.25) is 11.9 Å². The Morgan fingerprint density at radius 1 is 1.73 bits per heavy atom. The topological polar surface area (TPSA) is 56.0 Å². The minimum absolute atomic E-state index is 0.0563. The lowest BCUT2D eigenvalue weighted by molar-refractivity contribution is 0.1000. The molecule has 0 radical (unpaired) electrons. The Morgan fingerprint density at radius 2 is 2.36 bits per heavy atom. The summed E-state index contributed by atoms with van der Waals surface area (Å²) >= 11 is 5.35. The SMILES string of the molecule is NC(=O)c1ccnc(F)c1Cl. The number of rotatable bonds is 1. The maximum Gasteiger partial charge on any atom is 0.250 e. The number of nitrogens with two attached hydrogens (primary N) is 1. The van der Waals surface area contributed by atoms with E-state index < -0.39 is 11.9 Å². The molecular formula is C6H4ClFN2O. The highest BCUT2D eigenvalue weighted by Gasteiger charge is 2.10. The van der Waals surface area contributed by atoms with Crippen LogP contribution in [0.15, 0.2) is 12.3 Å². The third-order valence-electron chi connectivity index (χ3n) is 1.11. The summed E-state index contributed by atoms with van der Waals surface area (Å²) in [6, 6.07) is 1.26. The number of carbonyl (C=O) groups excluding carboxylic acids is 1. The second kappa shape index (κ2) is 2.84. The van der Waals surface area contributed by atoms with E-state index in [9.17, 15) is 9.18 Å². The predicted molar refractivity (Wildman–Crippen MR) is 37.7 cm³/mol. The van der Waals surface area contributed by atoms with E-state index >= 15 is 0 Å². The first-order valence-corrected chi connectivity index (χ1v) is 3.10. The van der Waals surface area contributed by atoms with Crippen molar-refractivity contribution in [2.45, 2.75) is 0 Å². The zero-order valence-corrected chi connectivity index (χ0v) is 6.10. The molecule has 1 aromatic rings. The fraction of sp³-hybridized carbons (Fsp3) is 0. The molecule has 0 aromatic carbocycles. The largest absolute Gasteiger partial charge is 0.366 e. The van der Waals surface area contributed by atoms with Crippen molar-refractivity contribution in [2.24, 2.45) is 5.73 Å². The van der Waals surface area contributed by atoms with Crippen LogP contribution in [-0.2, 0) is 0 Å². The van der Waals surface area contributed by atoms with Crippen molar-refractivity contribution in [3.63, 3.8) is 0 Å². The van der Waals surface area contributed by atoms with Gasteiger partial charge < -0.3 is 5.73 Å². The number of amides is 1. The Morgan fingerprint density at radius 3 is 2.82 bits per heavy atom. The molecule has 1 heterocycles. The van der Waals surface area contributed by atoms with Crippen LogP contribution in [-0.4, -0.2) is 10.9 Å². The van der Waals surface area contributed by atoms with E-state index in [1.165, 1.54) is 6.07 Å². The highest BCUT2D eigenvalue weighted by Crippen LogP contribution is 2.16. The van der Waals surface area contributed by atoms with Crippen molar-refractivity contribution in [2.75, 3.05) is 0 Å². The van der Waals surface area contributed by atoms with Gasteiger partial charge in [0.1, 0.15) is 5.02 Å². The summed E-state index contributed by atoms with van der Waals surface area (Å²) in [5.74, 6) is -1.65. The van der Waals surface area contributed by atoms with Crippen molar-refractivity contribution in [1.29, 1.82) is 0 Å². The van der Waals surface area contributed by atoms with Crippen LogP contribution < -0.4 is 5.73 Å². The average Bonchev–Trinajstić information content (AvgIpc) is 1.94. The molecular weight excluding hydrogens is 171 g/mol. The van der Waals surface area contributed by atoms with E-state index in [1.54, 1.807) is 0 Å². The van der Waals surface area contributed by atoms with Gasteiger partial charge in [-0.25, -0.2) is 4.98 Å². The van der Waals surface area contributed by atoms with Crippen LogP contribution in [0.5, 0.6) is 0 Å². The molecule has 0 aliphatic rings. The minimum Gasteiger partial charge on any atom is -0.366 e. The highest BCUT2D eigenvalue weighted by molar-refractivity contribution is 6.33. The van der Waals surface area contributed by atoms with Crippen LogP contribution in [0, 0.1) is 5.95 Å². The highest BCUT2D eigenvalue weighted by atomic mass is 35.5. The fourth-order valence-electron chi connectivity index (χ4n) is 0.609. The number of nitrogens with zero attached hydrogens (tertiary/aromatic N) is 1. The van der Waals surface area contributed by atoms with Gasteiger partial charge in [-0.05, 0) is 6.07 Å². The number of pyridine rings is 1. The number of hydrogen-bond donors (Lipinski definition) is 1. The molecule has 0 saturated carbocycles. The van der Waals surface area contributed by atoms with Crippen molar-refractivity contribution in [3.05, 3.63) is 28.8 Å². The maximum absolute atomic E-state index is 12.5. The molecule has 0 saturated heterocycles. The van der Waals surface area contributed by atoms with E-state index in [2.05, 4.69) is 4.98 Å². The van der Waals surface area contributed by atoms with Gasteiger partial charge in [-0.3, -0.25) is 4.79 Å². The van der Waals surface area contributed by atoms with Gasteiger partial charge in [-0.15, -0.1) is 0 Å². The molecule has 0 bridgehead atoms. The molecule has 0 atom stereocenters. The van der Waals surface area contributed by atoms with Crippen LogP contribution >= 0.6 is 11.6 Å². The molecule has 0 fully saturated rings. The third-order valence-corrected chi connectivity index (χ3v) is 1.47. The standard InChI is InChI=1S/C6H4ClFN2O/c7-4-3(6(9)11)1-2-10-5(4)8/h1-2H,(H2,9,11). The minimum atomic E-state index is -0.886. The predicted octanol–water partition coefficient (Wildman–Crippen LogP) is 0.973. The lowest BCUT2D eigenvalue weighted by atomic mass is 10.2. The quantitative estimate of drug-likeness (QED) is 0.645. The zero-order valence-electron chi connectivity index (χ0n) is 5.34. The smallest absolute Gasteiger partial charge is 0.250 e.